The summed E-state index contributed by atoms with van der Waals surface area (Å²) >= 11 is 0. The predicted octanol–water partition coefficient (Wildman–Crippen LogP) is 5.28. The van der Waals surface area contributed by atoms with Crippen molar-refractivity contribution >= 4 is 5.91 Å². The van der Waals surface area contributed by atoms with E-state index in [2.05, 4.69) is 27.6 Å². The number of hydrogen-bond donors (Lipinski definition) is 1. The van der Waals surface area contributed by atoms with Crippen LogP contribution in [-0.4, -0.2) is 16.1 Å². The van der Waals surface area contributed by atoms with Crippen molar-refractivity contribution in [2.24, 2.45) is 5.92 Å². The van der Waals surface area contributed by atoms with E-state index in [-0.39, 0.29) is 11.9 Å². The molecule has 1 fully saturated rings. The Morgan fingerprint density at radius 1 is 0.800 bits per heavy atom. The minimum atomic E-state index is -0.0715. The summed E-state index contributed by atoms with van der Waals surface area (Å²) in [6.45, 7) is 0. The number of rotatable bonds is 6. The third kappa shape index (κ3) is 3.87. The van der Waals surface area contributed by atoms with Crippen molar-refractivity contribution in [3.05, 3.63) is 96.1 Å². The molecular formula is C25H21N3O2. The molecule has 1 atom stereocenters. The van der Waals surface area contributed by atoms with E-state index in [1.165, 1.54) is 0 Å². The van der Waals surface area contributed by atoms with E-state index in [9.17, 15) is 4.79 Å². The van der Waals surface area contributed by atoms with Crippen molar-refractivity contribution < 1.29 is 9.21 Å². The lowest BCUT2D eigenvalue weighted by Gasteiger charge is -2.19. The van der Waals surface area contributed by atoms with Crippen LogP contribution in [0.25, 0.3) is 22.9 Å². The van der Waals surface area contributed by atoms with Crippen LogP contribution in [0.15, 0.2) is 89.3 Å². The van der Waals surface area contributed by atoms with Crippen molar-refractivity contribution in [3.8, 4) is 22.9 Å². The molecular weight excluding hydrogens is 374 g/mol. The van der Waals surface area contributed by atoms with Gasteiger partial charge in [0.1, 0.15) is 0 Å². The highest BCUT2D eigenvalue weighted by Crippen LogP contribution is 2.41. The lowest BCUT2D eigenvalue weighted by atomic mass is 10.0. The zero-order valence-corrected chi connectivity index (χ0v) is 16.4. The number of hydrogen-bond acceptors (Lipinski definition) is 4. The maximum Gasteiger partial charge on any atom is 0.251 e. The summed E-state index contributed by atoms with van der Waals surface area (Å²) in [6.07, 6.45) is 2.30. The van der Waals surface area contributed by atoms with Gasteiger partial charge >= 0.3 is 0 Å². The van der Waals surface area contributed by atoms with Crippen molar-refractivity contribution in [1.82, 2.24) is 15.5 Å². The molecule has 5 rings (SSSR count). The van der Waals surface area contributed by atoms with Gasteiger partial charge in [-0.3, -0.25) is 4.79 Å². The molecule has 5 nitrogen and oxygen atoms in total. The molecule has 1 amide bonds. The molecule has 1 N–H and O–H groups in total. The first-order valence-corrected chi connectivity index (χ1v) is 10.1. The van der Waals surface area contributed by atoms with Gasteiger partial charge in [-0.1, -0.05) is 48.5 Å². The largest absolute Gasteiger partial charge is 0.416 e. The first-order chi connectivity index (χ1) is 14.8. The van der Waals surface area contributed by atoms with Crippen molar-refractivity contribution in [2.75, 3.05) is 0 Å². The Kier molecular flexibility index (Phi) is 4.85. The number of amides is 1. The van der Waals surface area contributed by atoms with Crippen LogP contribution in [-0.2, 0) is 0 Å². The summed E-state index contributed by atoms with van der Waals surface area (Å²) in [5.74, 6) is 1.35. The first kappa shape index (κ1) is 18.3. The zero-order valence-electron chi connectivity index (χ0n) is 16.4. The molecule has 1 saturated carbocycles. The second-order valence-electron chi connectivity index (χ2n) is 7.55. The summed E-state index contributed by atoms with van der Waals surface area (Å²) < 4.78 is 5.80. The molecule has 3 aromatic carbocycles. The van der Waals surface area contributed by atoms with E-state index in [1.807, 2.05) is 60.7 Å². The van der Waals surface area contributed by atoms with Crippen LogP contribution in [0.4, 0.5) is 0 Å². The molecule has 1 aliphatic carbocycles. The smallest absolute Gasteiger partial charge is 0.251 e. The Morgan fingerprint density at radius 2 is 1.37 bits per heavy atom. The SMILES string of the molecule is O=C(N[C@H](c1ccccc1)C1CC1)c1ccc(-c2nnc(-c3ccccc3)o2)cc1. The zero-order chi connectivity index (χ0) is 20.3. The van der Waals surface area contributed by atoms with Gasteiger partial charge in [-0.05, 0) is 60.7 Å². The molecule has 1 aliphatic rings. The topological polar surface area (TPSA) is 68.0 Å². The molecule has 30 heavy (non-hydrogen) atoms. The van der Waals surface area contributed by atoms with Gasteiger partial charge in [0.25, 0.3) is 5.91 Å². The van der Waals surface area contributed by atoms with Crippen molar-refractivity contribution in [3.63, 3.8) is 0 Å². The highest BCUT2D eigenvalue weighted by molar-refractivity contribution is 5.94. The monoisotopic (exact) mass is 395 g/mol. The van der Waals surface area contributed by atoms with Gasteiger partial charge in [-0.15, -0.1) is 10.2 Å². The maximum absolute atomic E-state index is 12.8. The highest BCUT2D eigenvalue weighted by Gasteiger charge is 2.33. The fourth-order valence-corrected chi connectivity index (χ4v) is 3.59. The number of nitrogens with one attached hydrogen (secondary N) is 1. The van der Waals surface area contributed by atoms with Crippen LogP contribution in [0.3, 0.4) is 0 Å². The van der Waals surface area contributed by atoms with Gasteiger partial charge in [0.05, 0.1) is 6.04 Å². The van der Waals surface area contributed by atoms with E-state index in [4.69, 9.17) is 4.42 Å². The number of benzene rings is 3. The third-order valence-corrected chi connectivity index (χ3v) is 5.38. The molecule has 0 radical (unpaired) electrons. The number of nitrogens with zero attached hydrogens (tertiary/aromatic N) is 2. The van der Waals surface area contributed by atoms with E-state index < -0.39 is 0 Å². The van der Waals surface area contributed by atoms with Crippen molar-refractivity contribution in [1.29, 1.82) is 0 Å². The minimum Gasteiger partial charge on any atom is -0.416 e. The Balaban J connectivity index is 1.31. The van der Waals surface area contributed by atoms with Crippen LogP contribution in [0.5, 0.6) is 0 Å². The summed E-state index contributed by atoms with van der Waals surface area (Å²) in [4.78, 5) is 12.8. The summed E-state index contributed by atoms with van der Waals surface area (Å²) in [5.41, 5.74) is 3.43. The Hall–Kier alpha value is -3.73. The Morgan fingerprint density at radius 3 is 1.97 bits per heavy atom. The molecule has 0 bridgehead atoms. The summed E-state index contributed by atoms with van der Waals surface area (Å²) in [7, 11) is 0. The van der Waals surface area contributed by atoms with E-state index >= 15 is 0 Å². The molecule has 5 heteroatoms. The van der Waals surface area contributed by atoms with E-state index in [0.29, 0.717) is 23.3 Å². The van der Waals surface area contributed by atoms with Crippen LogP contribution in [0, 0.1) is 5.92 Å². The van der Waals surface area contributed by atoms with Crippen LogP contribution in [0.1, 0.15) is 34.8 Å². The Bertz CT molecular complexity index is 1130. The van der Waals surface area contributed by atoms with Crippen LogP contribution < -0.4 is 5.32 Å². The van der Waals surface area contributed by atoms with Crippen LogP contribution in [0.2, 0.25) is 0 Å². The molecule has 0 unspecified atom stereocenters. The van der Waals surface area contributed by atoms with Gasteiger partial charge in [0.15, 0.2) is 0 Å². The van der Waals surface area contributed by atoms with Gasteiger partial charge in [0.2, 0.25) is 11.8 Å². The van der Waals surface area contributed by atoms with Gasteiger partial charge in [0, 0.05) is 16.7 Å². The minimum absolute atomic E-state index is 0.0581. The summed E-state index contributed by atoms with van der Waals surface area (Å²) in [5, 5.41) is 11.5. The average molecular weight is 395 g/mol. The molecule has 148 valence electrons. The van der Waals surface area contributed by atoms with E-state index in [0.717, 1.165) is 29.5 Å². The predicted molar refractivity (Wildman–Crippen MR) is 115 cm³/mol. The van der Waals surface area contributed by atoms with Gasteiger partial charge < -0.3 is 9.73 Å². The first-order valence-electron chi connectivity index (χ1n) is 10.1. The fraction of sp³-hybridized carbons (Fsp3) is 0.160. The number of carbonyl (C=O) groups excluding carboxylic acids is 1. The summed E-state index contributed by atoms with van der Waals surface area (Å²) in [6, 6.07) is 27.1. The normalized spacial score (nSPS) is 14.3. The second-order valence-corrected chi connectivity index (χ2v) is 7.55. The van der Waals surface area contributed by atoms with Crippen LogP contribution >= 0.6 is 0 Å². The average Bonchev–Trinajstić information content (AvgIpc) is 3.53. The lowest BCUT2D eigenvalue weighted by Crippen LogP contribution is -2.29. The van der Waals surface area contributed by atoms with Gasteiger partial charge in [-0.25, -0.2) is 0 Å². The second kappa shape index (κ2) is 7.95. The standard InChI is InChI=1S/C25H21N3O2/c29-23(26-22(18-11-12-18)17-7-3-1-4-8-17)19-13-15-21(16-14-19)25-28-27-24(30-25)20-9-5-2-6-10-20/h1-10,13-16,18,22H,11-12H2,(H,26,29)/t22-/m1/s1. The third-order valence-electron chi connectivity index (χ3n) is 5.38. The molecule has 0 spiro atoms. The number of aromatic nitrogens is 2. The molecule has 1 aromatic heterocycles. The van der Waals surface area contributed by atoms with Crippen molar-refractivity contribution in [2.45, 2.75) is 18.9 Å². The quantitative estimate of drug-likeness (QED) is 0.482. The molecule has 1 heterocycles. The molecule has 0 aliphatic heterocycles. The molecule has 0 saturated heterocycles. The Labute approximate surface area is 174 Å². The van der Waals surface area contributed by atoms with E-state index in [1.54, 1.807) is 12.1 Å². The fourth-order valence-electron chi connectivity index (χ4n) is 3.59. The lowest BCUT2D eigenvalue weighted by molar-refractivity contribution is 0.0931. The van der Waals surface area contributed by atoms with Gasteiger partial charge in [-0.2, -0.15) is 0 Å². The number of carbonyl (C=O) groups is 1. The maximum atomic E-state index is 12.8. The molecule has 4 aromatic rings. The highest BCUT2D eigenvalue weighted by atomic mass is 16.4.